The number of hydrogen-bond acceptors (Lipinski definition) is 7. The summed E-state index contributed by atoms with van der Waals surface area (Å²) >= 11 is 1.19. The zero-order valence-electron chi connectivity index (χ0n) is 15.7. The molecule has 3 rings (SSSR count). The Morgan fingerprint density at radius 3 is 2.29 bits per heavy atom. The van der Waals surface area contributed by atoms with Crippen molar-refractivity contribution in [1.82, 2.24) is 4.98 Å². The second kappa shape index (κ2) is 8.71. The summed E-state index contributed by atoms with van der Waals surface area (Å²) < 4.78 is 0. The summed E-state index contributed by atoms with van der Waals surface area (Å²) in [6.07, 6.45) is 0. The topological polar surface area (TPSA) is 177 Å². The predicted octanol–water partition coefficient (Wildman–Crippen LogP) is 3.22. The third-order valence-corrected chi connectivity index (χ3v) is 5.49. The van der Waals surface area contributed by atoms with E-state index in [1.165, 1.54) is 23.9 Å². The van der Waals surface area contributed by atoms with E-state index in [4.69, 9.17) is 5.73 Å². The van der Waals surface area contributed by atoms with Crippen LogP contribution >= 0.6 is 11.8 Å². The monoisotopic (exact) mass is 441 g/mol. The minimum absolute atomic E-state index is 0.122. The standard InChI is InChI=1S/C20H15N3O7S/c21-17-15(19(25)26)14(16(20(27)28)18(24)22-17)11-6-7-13(12(8-11)23(29)30)31-9-10-4-2-1-3-5-10/h1-8H,9H2,(H,25,26)(H,27,28)(H3,21,22,24). The average molecular weight is 441 g/mol. The van der Waals surface area contributed by atoms with Gasteiger partial charge in [0.1, 0.15) is 16.9 Å². The van der Waals surface area contributed by atoms with Crippen LogP contribution in [0.25, 0.3) is 11.1 Å². The molecule has 0 aliphatic rings. The Morgan fingerprint density at radius 1 is 1.06 bits per heavy atom. The number of carboxylic acid groups (broad SMARTS) is 2. The van der Waals surface area contributed by atoms with Crippen LogP contribution in [-0.2, 0) is 5.75 Å². The van der Waals surface area contributed by atoms with Gasteiger partial charge in [0.2, 0.25) is 0 Å². The first-order valence-corrected chi connectivity index (χ1v) is 9.67. The molecule has 0 fully saturated rings. The molecule has 0 unspecified atom stereocenters. The number of aromatic carboxylic acids is 2. The van der Waals surface area contributed by atoms with Crippen LogP contribution in [0.3, 0.4) is 0 Å². The molecule has 0 atom stereocenters. The number of nitro groups is 1. The van der Waals surface area contributed by atoms with Gasteiger partial charge in [-0.25, -0.2) is 9.59 Å². The summed E-state index contributed by atoms with van der Waals surface area (Å²) in [6, 6.07) is 13.0. The van der Waals surface area contributed by atoms with Gasteiger partial charge >= 0.3 is 11.9 Å². The highest BCUT2D eigenvalue weighted by atomic mass is 32.2. The maximum Gasteiger partial charge on any atom is 0.342 e. The Morgan fingerprint density at radius 2 is 1.71 bits per heavy atom. The molecule has 0 amide bonds. The lowest BCUT2D eigenvalue weighted by Crippen LogP contribution is -2.24. The largest absolute Gasteiger partial charge is 0.478 e. The summed E-state index contributed by atoms with van der Waals surface area (Å²) in [6.45, 7) is 0. The number of nitro benzene ring substituents is 1. The zero-order valence-corrected chi connectivity index (χ0v) is 16.5. The molecule has 0 saturated carbocycles. The van der Waals surface area contributed by atoms with Crippen LogP contribution in [0.5, 0.6) is 0 Å². The van der Waals surface area contributed by atoms with Gasteiger partial charge in [0.25, 0.3) is 11.2 Å². The number of benzene rings is 2. The third-order valence-electron chi connectivity index (χ3n) is 4.35. The number of carbonyl (C=O) groups is 2. The molecule has 0 radical (unpaired) electrons. The summed E-state index contributed by atoms with van der Waals surface area (Å²) in [4.78, 5) is 48.8. The summed E-state index contributed by atoms with van der Waals surface area (Å²) in [5, 5.41) is 30.6. The Balaban J connectivity index is 2.17. The molecule has 5 N–H and O–H groups in total. The van der Waals surface area contributed by atoms with E-state index in [2.05, 4.69) is 0 Å². The number of pyridine rings is 1. The lowest BCUT2D eigenvalue weighted by atomic mass is 9.95. The van der Waals surface area contributed by atoms with Gasteiger partial charge in [-0.05, 0) is 17.2 Å². The number of nitrogens with one attached hydrogen (secondary N) is 1. The number of nitrogens with zero attached hydrogens (tertiary/aromatic N) is 1. The molecule has 0 bridgehead atoms. The van der Waals surface area contributed by atoms with Gasteiger partial charge in [-0.15, -0.1) is 11.8 Å². The fourth-order valence-corrected chi connectivity index (χ4v) is 3.97. The molecule has 0 aliphatic heterocycles. The first kappa shape index (κ1) is 21.6. The lowest BCUT2D eigenvalue weighted by Gasteiger charge is -2.13. The molecule has 11 heteroatoms. The van der Waals surface area contributed by atoms with E-state index in [1.54, 1.807) is 0 Å². The highest BCUT2D eigenvalue weighted by Crippen LogP contribution is 2.37. The molecule has 1 aromatic heterocycles. The number of rotatable bonds is 7. The highest BCUT2D eigenvalue weighted by Gasteiger charge is 2.28. The molecule has 0 saturated heterocycles. The van der Waals surface area contributed by atoms with Crippen molar-refractivity contribution in [2.45, 2.75) is 10.6 Å². The van der Waals surface area contributed by atoms with Crippen molar-refractivity contribution < 1.29 is 24.7 Å². The van der Waals surface area contributed by atoms with E-state index in [1.807, 2.05) is 35.3 Å². The van der Waals surface area contributed by atoms with E-state index in [0.717, 1.165) is 11.6 Å². The van der Waals surface area contributed by atoms with Crippen LogP contribution < -0.4 is 11.3 Å². The number of thioether (sulfide) groups is 1. The van der Waals surface area contributed by atoms with Crippen LogP contribution in [0.2, 0.25) is 0 Å². The van der Waals surface area contributed by atoms with E-state index in [-0.39, 0.29) is 11.3 Å². The summed E-state index contributed by atoms with van der Waals surface area (Å²) in [5.74, 6) is -3.39. The molecule has 2 aromatic carbocycles. The highest BCUT2D eigenvalue weighted by molar-refractivity contribution is 7.98. The maximum absolute atomic E-state index is 12.1. The Kier molecular flexibility index (Phi) is 6.07. The SMILES string of the molecule is Nc1[nH]c(=O)c(C(=O)O)c(-c2ccc(SCc3ccccc3)c([N+](=O)[O-])c2)c1C(=O)O. The fourth-order valence-electron chi connectivity index (χ4n) is 3.01. The maximum atomic E-state index is 12.1. The van der Waals surface area contributed by atoms with Crippen molar-refractivity contribution >= 4 is 35.2 Å². The van der Waals surface area contributed by atoms with Gasteiger partial charge in [-0.3, -0.25) is 14.9 Å². The molecule has 10 nitrogen and oxygen atoms in total. The van der Waals surface area contributed by atoms with Crippen LogP contribution in [0.1, 0.15) is 26.3 Å². The molecular formula is C20H15N3O7S. The van der Waals surface area contributed by atoms with Gasteiger partial charge in [0.15, 0.2) is 0 Å². The van der Waals surface area contributed by atoms with Crippen molar-refractivity contribution in [2.75, 3.05) is 5.73 Å². The van der Waals surface area contributed by atoms with Crippen molar-refractivity contribution in [1.29, 1.82) is 0 Å². The van der Waals surface area contributed by atoms with E-state index >= 15 is 0 Å². The van der Waals surface area contributed by atoms with Crippen molar-refractivity contribution in [2.24, 2.45) is 0 Å². The number of aromatic nitrogens is 1. The molecule has 1 heterocycles. The van der Waals surface area contributed by atoms with Gasteiger partial charge in [-0.1, -0.05) is 36.4 Å². The zero-order chi connectivity index (χ0) is 22.7. The Labute approximate surface area is 178 Å². The average Bonchev–Trinajstić information content (AvgIpc) is 2.71. The molecule has 0 spiro atoms. The number of carboxylic acids is 2. The quantitative estimate of drug-likeness (QED) is 0.243. The van der Waals surface area contributed by atoms with Crippen molar-refractivity contribution in [3.8, 4) is 11.1 Å². The normalized spacial score (nSPS) is 10.6. The number of nitrogen functional groups attached to an aromatic ring is 1. The van der Waals surface area contributed by atoms with Crippen LogP contribution in [-0.4, -0.2) is 32.1 Å². The molecular weight excluding hydrogens is 426 g/mol. The Hall–Kier alpha value is -4.12. The first-order valence-electron chi connectivity index (χ1n) is 8.68. The Bertz CT molecular complexity index is 1260. The molecule has 158 valence electrons. The van der Waals surface area contributed by atoms with Crippen LogP contribution in [0.4, 0.5) is 11.5 Å². The van der Waals surface area contributed by atoms with Crippen molar-refractivity contribution in [3.05, 3.63) is 85.7 Å². The number of anilines is 1. The second-order valence-electron chi connectivity index (χ2n) is 6.32. The summed E-state index contributed by atoms with van der Waals surface area (Å²) in [7, 11) is 0. The number of nitrogens with two attached hydrogens (primary N) is 1. The molecule has 3 aromatic rings. The van der Waals surface area contributed by atoms with Gasteiger partial charge in [0.05, 0.1) is 9.82 Å². The van der Waals surface area contributed by atoms with Gasteiger partial charge in [0, 0.05) is 17.4 Å². The predicted molar refractivity (Wildman–Crippen MR) is 113 cm³/mol. The van der Waals surface area contributed by atoms with Gasteiger partial charge < -0.3 is 20.9 Å². The third kappa shape index (κ3) is 4.41. The molecule has 0 aliphatic carbocycles. The number of H-pyrrole nitrogens is 1. The number of aromatic amines is 1. The number of hydrogen-bond donors (Lipinski definition) is 4. The van der Waals surface area contributed by atoms with E-state index in [9.17, 15) is 34.7 Å². The van der Waals surface area contributed by atoms with Gasteiger partial charge in [-0.2, -0.15) is 0 Å². The first-order chi connectivity index (χ1) is 14.7. The lowest BCUT2D eigenvalue weighted by molar-refractivity contribution is -0.387. The van der Waals surface area contributed by atoms with E-state index < -0.39 is 44.9 Å². The minimum Gasteiger partial charge on any atom is -0.478 e. The second-order valence-corrected chi connectivity index (χ2v) is 7.33. The molecule has 31 heavy (non-hydrogen) atoms. The minimum atomic E-state index is -1.69. The van der Waals surface area contributed by atoms with E-state index in [0.29, 0.717) is 10.6 Å². The van der Waals surface area contributed by atoms with Crippen molar-refractivity contribution in [3.63, 3.8) is 0 Å². The van der Waals surface area contributed by atoms with Crippen LogP contribution in [0, 0.1) is 10.1 Å². The fraction of sp³-hybridized carbons (Fsp3) is 0.0500. The van der Waals surface area contributed by atoms with Crippen LogP contribution in [0.15, 0.2) is 58.2 Å². The smallest absolute Gasteiger partial charge is 0.342 e. The summed E-state index contributed by atoms with van der Waals surface area (Å²) in [5.41, 5.74) is 2.92.